The van der Waals surface area contributed by atoms with Crippen molar-refractivity contribution in [1.29, 1.82) is 5.26 Å². The molecule has 0 aromatic heterocycles. The molecule has 1 rings (SSSR count). The molecule has 0 bridgehead atoms. The van der Waals surface area contributed by atoms with Gasteiger partial charge in [0.2, 0.25) is 0 Å². The Kier molecular flexibility index (Phi) is 4.60. The van der Waals surface area contributed by atoms with Crippen LogP contribution >= 0.6 is 15.9 Å². The number of halogens is 1. The topological polar surface area (TPSA) is 47.3 Å². The highest BCUT2D eigenvalue weighted by molar-refractivity contribution is 9.09. The van der Waals surface area contributed by atoms with Crippen molar-refractivity contribution in [2.75, 3.05) is 23.8 Å². The maximum Gasteiger partial charge on any atom is 0.0991 e. The number of hydrogen-bond donors (Lipinski definition) is 1. The Hall–Kier alpha value is -1.05. The van der Waals surface area contributed by atoms with Gasteiger partial charge in [-0.15, -0.1) is 0 Å². The first-order chi connectivity index (χ1) is 7.17. The second-order valence-electron chi connectivity index (χ2n) is 3.35. The molecule has 0 aliphatic rings. The van der Waals surface area contributed by atoms with Crippen molar-refractivity contribution in [2.45, 2.75) is 6.10 Å². The van der Waals surface area contributed by atoms with E-state index >= 15 is 0 Å². The molecular weight excluding hydrogens is 256 g/mol. The molecule has 0 fully saturated rings. The maximum absolute atomic E-state index is 9.45. The monoisotopic (exact) mass is 268 g/mol. The summed E-state index contributed by atoms with van der Waals surface area (Å²) in [5.41, 5.74) is 1.64. The zero-order valence-electron chi connectivity index (χ0n) is 8.52. The van der Waals surface area contributed by atoms with Crippen molar-refractivity contribution in [3.63, 3.8) is 0 Å². The van der Waals surface area contributed by atoms with Crippen LogP contribution in [0, 0.1) is 11.3 Å². The van der Waals surface area contributed by atoms with Crippen LogP contribution in [0.25, 0.3) is 0 Å². The van der Waals surface area contributed by atoms with Gasteiger partial charge in [0, 0.05) is 24.6 Å². The Balaban J connectivity index is 2.66. The van der Waals surface area contributed by atoms with Crippen LogP contribution in [-0.4, -0.2) is 30.1 Å². The Labute approximate surface area is 98.1 Å². The van der Waals surface area contributed by atoms with E-state index in [0.29, 0.717) is 17.4 Å². The highest BCUT2D eigenvalue weighted by Gasteiger charge is 2.07. The van der Waals surface area contributed by atoms with Crippen LogP contribution in [0.15, 0.2) is 24.3 Å². The van der Waals surface area contributed by atoms with E-state index < -0.39 is 0 Å². The molecule has 80 valence electrons. The summed E-state index contributed by atoms with van der Waals surface area (Å²) < 4.78 is 0. The number of likely N-dealkylation sites (N-methyl/N-ethyl adjacent to an activating group) is 1. The fourth-order valence-electron chi connectivity index (χ4n) is 1.26. The van der Waals surface area contributed by atoms with E-state index in [1.54, 1.807) is 12.1 Å². The van der Waals surface area contributed by atoms with Crippen molar-refractivity contribution in [3.8, 4) is 6.07 Å². The number of aliphatic hydroxyl groups excluding tert-OH is 1. The molecule has 1 aromatic carbocycles. The van der Waals surface area contributed by atoms with Crippen LogP contribution in [0.4, 0.5) is 5.69 Å². The molecule has 1 atom stereocenters. The Morgan fingerprint density at radius 1 is 1.47 bits per heavy atom. The van der Waals surface area contributed by atoms with Crippen LogP contribution in [0.3, 0.4) is 0 Å². The van der Waals surface area contributed by atoms with Crippen LogP contribution in [-0.2, 0) is 0 Å². The molecule has 0 saturated heterocycles. The van der Waals surface area contributed by atoms with Gasteiger partial charge in [-0.25, -0.2) is 0 Å². The SMILES string of the molecule is CN(CC(O)CBr)c1ccc(C#N)cc1. The first-order valence-corrected chi connectivity index (χ1v) is 5.75. The minimum atomic E-state index is -0.384. The van der Waals surface area contributed by atoms with Crippen molar-refractivity contribution in [1.82, 2.24) is 0 Å². The summed E-state index contributed by atoms with van der Waals surface area (Å²) in [7, 11) is 1.91. The smallest absolute Gasteiger partial charge is 0.0991 e. The number of aliphatic hydroxyl groups is 1. The first kappa shape index (κ1) is 12.0. The summed E-state index contributed by atoms with van der Waals surface area (Å²) in [6.45, 7) is 0.567. The molecule has 3 nitrogen and oxygen atoms in total. The maximum atomic E-state index is 9.45. The summed E-state index contributed by atoms with van der Waals surface area (Å²) in [5, 5.41) is 18.7. The second kappa shape index (κ2) is 5.74. The van der Waals surface area contributed by atoms with Crippen molar-refractivity contribution < 1.29 is 5.11 Å². The molecule has 15 heavy (non-hydrogen) atoms. The fourth-order valence-corrected chi connectivity index (χ4v) is 1.47. The Morgan fingerprint density at radius 2 is 2.07 bits per heavy atom. The quantitative estimate of drug-likeness (QED) is 0.847. The van der Waals surface area contributed by atoms with Gasteiger partial charge in [-0.2, -0.15) is 5.26 Å². The normalized spacial score (nSPS) is 11.9. The molecular formula is C11H13BrN2O. The third kappa shape index (κ3) is 3.54. The zero-order valence-corrected chi connectivity index (χ0v) is 10.1. The van der Waals surface area contributed by atoms with Crippen LogP contribution < -0.4 is 4.90 Å². The lowest BCUT2D eigenvalue weighted by Gasteiger charge is -2.21. The molecule has 4 heteroatoms. The molecule has 0 saturated carbocycles. The number of rotatable bonds is 4. The van der Waals surface area contributed by atoms with E-state index in [-0.39, 0.29) is 6.10 Å². The highest BCUT2D eigenvalue weighted by Crippen LogP contribution is 2.13. The molecule has 0 amide bonds. The molecule has 1 aromatic rings. The van der Waals surface area contributed by atoms with Gasteiger partial charge in [0.25, 0.3) is 0 Å². The number of hydrogen-bond acceptors (Lipinski definition) is 3. The molecule has 0 aliphatic carbocycles. The summed E-state index contributed by atoms with van der Waals surface area (Å²) >= 11 is 3.22. The van der Waals surface area contributed by atoms with Gasteiger partial charge < -0.3 is 10.0 Å². The van der Waals surface area contributed by atoms with Gasteiger partial charge in [-0.1, -0.05) is 15.9 Å². The van der Waals surface area contributed by atoms with Gasteiger partial charge in [0.05, 0.1) is 17.7 Å². The van der Waals surface area contributed by atoms with Gasteiger partial charge in [0.1, 0.15) is 0 Å². The fraction of sp³-hybridized carbons (Fsp3) is 0.364. The molecule has 0 radical (unpaired) electrons. The lowest BCUT2D eigenvalue weighted by Crippen LogP contribution is -2.29. The van der Waals surface area contributed by atoms with E-state index in [1.165, 1.54) is 0 Å². The summed E-state index contributed by atoms with van der Waals surface area (Å²) in [4.78, 5) is 1.95. The third-order valence-electron chi connectivity index (χ3n) is 2.10. The standard InChI is InChI=1S/C11H13BrN2O/c1-14(8-11(15)6-12)10-4-2-9(7-13)3-5-10/h2-5,11,15H,6,8H2,1H3. The molecule has 0 spiro atoms. The Morgan fingerprint density at radius 3 is 2.53 bits per heavy atom. The van der Waals surface area contributed by atoms with Crippen molar-refractivity contribution in [2.24, 2.45) is 0 Å². The second-order valence-corrected chi connectivity index (χ2v) is 3.99. The number of nitrogens with zero attached hydrogens (tertiary/aromatic N) is 2. The lowest BCUT2D eigenvalue weighted by molar-refractivity contribution is 0.207. The van der Waals surface area contributed by atoms with Crippen LogP contribution in [0.1, 0.15) is 5.56 Å². The van der Waals surface area contributed by atoms with Gasteiger partial charge in [-0.05, 0) is 24.3 Å². The molecule has 1 N–H and O–H groups in total. The van der Waals surface area contributed by atoms with E-state index in [1.807, 2.05) is 24.1 Å². The minimum absolute atomic E-state index is 0.384. The third-order valence-corrected chi connectivity index (χ3v) is 2.85. The number of benzene rings is 1. The predicted octanol–water partition coefficient (Wildman–Crippen LogP) is 1.75. The highest BCUT2D eigenvalue weighted by atomic mass is 79.9. The molecule has 0 aliphatic heterocycles. The average Bonchev–Trinajstić information content (AvgIpc) is 2.29. The van der Waals surface area contributed by atoms with E-state index in [4.69, 9.17) is 5.26 Å². The van der Waals surface area contributed by atoms with Crippen LogP contribution in [0.2, 0.25) is 0 Å². The average molecular weight is 269 g/mol. The predicted molar refractivity (Wildman–Crippen MR) is 64.2 cm³/mol. The van der Waals surface area contributed by atoms with Crippen molar-refractivity contribution >= 4 is 21.6 Å². The summed E-state index contributed by atoms with van der Waals surface area (Å²) in [5.74, 6) is 0. The zero-order chi connectivity index (χ0) is 11.3. The van der Waals surface area contributed by atoms with Gasteiger partial charge in [-0.3, -0.25) is 0 Å². The molecule has 0 heterocycles. The van der Waals surface area contributed by atoms with E-state index in [0.717, 1.165) is 5.69 Å². The summed E-state index contributed by atoms with van der Waals surface area (Å²) in [6.07, 6.45) is -0.384. The van der Waals surface area contributed by atoms with E-state index in [9.17, 15) is 5.11 Å². The Bertz CT molecular complexity index is 345. The van der Waals surface area contributed by atoms with Gasteiger partial charge in [0.15, 0.2) is 0 Å². The first-order valence-electron chi connectivity index (χ1n) is 4.62. The summed E-state index contributed by atoms with van der Waals surface area (Å²) in [6, 6.07) is 9.36. The number of anilines is 1. The largest absolute Gasteiger partial charge is 0.390 e. The van der Waals surface area contributed by atoms with Crippen LogP contribution in [0.5, 0.6) is 0 Å². The minimum Gasteiger partial charge on any atom is -0.390 e. The molecule has 1 unspecified atom stereocenters. The van der Waals surface area contributed by atoms with Gasteiger partial charge >= 0.3 is 0 Å². The number of alkyl halides is 1. The van der Waals surface area contributed by atoms with Crippen molar-refractivity contribution in [3.05, 3.63) is 29.8 Å². The number of nitriles is 1. The lowest BCUT2D eigenvalue weighted by atomic mass is 10.2. The van der Waals surface area contributed by atoms with E-state index in [2.05, 4.69) is 22.0 Å².